The second-order valence-corrected chi connectivity index (χ2v) is 16.7. The zero-order valence-electron chi connectivity index (χ0n) is 35.1. The summed E-state index contributed by atoms with van der Waals surface area (Å²) < 4.78 is 39.1. The Labute approximate surface area is 333 Å². The highest BCUT2D eigenvalue weighted by Crippen LogP contribution is 2.46. The lowest BCUT2D eigenvalue weighted by Crippen LogP contribution is -2.57. The van der Waals surface area contributed by atoms with Crippen LogP contribution in [0.3, 0.4) is 0 Å². The molecule has 0 heterocycles. The number of nitrogens with one attached hydrogen (secondary N) is 2. The van der Waals surface area contributed by atoms with Gasteiger partial charge in [-0.25, -0.2) is 19.2 Å². The second-order valence-electron chi connectivity index (χ2n) is 16.7. The van der Waals surface area contributed by atoms with Crippen LogP contribution in [-0.4, -0.2) is 112 Å². The summed E-state index contributed by atoms with van der Waals surface area (Å²) >= 11 is 0. The Hall–Kier alpha value is -3.79. The van der Waals surface area contributed by atoms with Gasteiger partial charge in [-0.05, 0) is 56.8 Å². The van der Waals surface area contributed by atoms with Gasteiger partial charge in [-0.2, -0.15) is 0 Å². The molecule has 1 aliphatic rings. The van der Waals surface area contributed by atoms with Gasteiger partial charge >= 0.3 is 30.0 Å². The van der Waals surface area contributed by atoms with Gasteiger partial charge < -0.3 is 43.6 Å². The maximum atomic E-state index is 12.7. The van der Waals surface area contributed by atoms with Crippen LogP contribution in [0.4, 0.5) is 4.79 Å². The molecule has 0 aliphatic heterocycles. The summed E-state index contributed by atoms with van der Waals surface area (Å²) in [6.45, 7) is 26.2. The largest absolute Gasteiger partial charge is 0.465 e. The Kier molecular flexibility index (Phi) is 21.0. The minimum Gasteiger partial charge on any atom is -0.465 e. The molecule has 0 aromatic rings. The Morgan fingerprint density at radius 3 is 1.93 bits per heavy atom. The molecule has 15 heteroatoms. The molecule has 1 aliphatic carbocycles. The number of alkyl carbamates (subject to hydrolysis) is 1. The van der Waals surface area contributed by atoms with E-state index in [9.17, 15) is 29.1 Å². The van der Waals surface area contributed by atoms with E-state index in [1.165, 1.54) is 6.92 Å². The van der Waals surface area contributed by atoms with Crippen LogP contribution >= 0.6 is 0 Å². The number of rotatable bonds is 26. The van der Waals surface area contributed by atoms with E-state index in [1.54, 1.807) is 13.8 Å². The monoisotopic (exact) mass is 796 g/mol. The number of aliphatic hydroxyl groups excluding tert-OH is 1. The molecule has 0 aromatic heterocycles. The van der Waals surface area contributed by atoms with E-state index < -0.39 is 53.1 Å². The molecule has 0 spiro atoms. The standard InChI is InChI=1S/C41H68N2O13/c1-13-28(5)29(6)56-37(49)42-23-40(12)18-32(17-38(8,9)22-40)43-36(48)39(10,11)55-27-41(25-53-34(46)15-3,26-54-35(47)16-4)24-50-19-31(20-51-30(7)44)21-52-33(45)14-2/h14-16,28-29,31-32,36,43,48H,2-4,13,17-27H2,1,5-12H3,(H,42,49). The van der Waals surface area contributed by atoms with E-state index in [-0.39, 0.29) is 75.1 Å². The highest BCUT2D eigenvalue weighted by Gasteiger charge is 2.44. The van der Waals surface area contributed by atoms with Crippen LogP contribution in [0.25, 0.3) is 0 Å². The van der Waals surface area contributed by atoms with Gasteiger partial charge in [0.25, 0.3) is 0 Å². The zero-order valence-corrected chi connectivity index (χ0v) is 35.1. The molecular formula is C41H68N2O13. The third-order valence-corrected chi connectivity index (χ3v) is 9.93. The first-order valence-corrected chi connectivity index (χ1v) is 19.1. The Bertz CT molecular complexity index is 1310. The van der Waals surface area contributed by atoms with Gasteiger partial charge in [0, 0.05) is 37.7 Å². The van der Waals surface area contributed by atoms with Crippen molar-refractivity contribution in [3.8, 4) is 0 Å². The summed E-state index contributed by atoms with van der Waals surface area (Å²) in [5.41, 5.74) is -3.01. The maximum absolute atomic E-state index is 12.7. The molecule has 1 saturated carbocycles. The van der Waals surface area contributed by atoms with Crippen LogP contribution in [-0.2, 0) is 52.3 Å². The molecule has 56 heavy (non-hydrogen) atoms. The van der Waals surface area contributed by atoms with Crippen molar-refractivity contribution in [2.24, 2.45) is 28.1 Å². The fourth-order valence-electron chi connectivity index (χ4n) is 6.57. The van der Waals surface area contributed by atoms with E-state index in [1.807, 2.05) is 13.8 Å². The third kappa shape index (κ3) is 18.9. The smallest absolute Gasteiger partial charge is 0.407 e. The summed E-state index contributed by atoms with van der Waals surface area (Å²) in [5, 5.41) is 17.9. The van der Waals surface area contributed by atoms with Crippen LogP contribution in [0.2, 0.25) is 0 Å². The van der Waals surface area contributed by atoms with Crippen LogP contribution in [0.5, 0.6) is 0 Å². The number of esters is 4. The van der Waals surface area contributed by atoms with Crippen LogP contribution < -0.4 is 10.6 Å². The van der Waals surface area contributed by atoms with E-state index in [0.717, 1.165) is 37.5 Å². The maximum Gasteiger partial charge on any atom is 0.407 e. The molecule has 1 rings (SSSR count). The molecule has 15 nitrogen and oxygen atoms in total. The van der Waals surface area contributed by atoms with Crippen molar-refractivity contribution in [3.63, 3.8) is 0 Å². The molecule has 1 fully saturated rings. The molecule has 6 atom stereocenters. The molecule has 0 bridgehead atoms. The number of hydrogen-bond donors (Lipinski definition) is 3. The van der Waals surface area contributed by atoms with Gasteiger partial charge in [-0.1, -0.05) is 60.8 Å². The van der Waals surface area contributed by atoms with Crippen molar-refractivity contribution in [3.05, 3.63) is 38.0 Å². The summed E-state index contributed by atoms with van der Waals surface area (Å²) in [6, 6.07) is -0.155. The summed E-state index contributed by atoms with van der Waals surface area (Å²) in [6.07, 6.45) is 4.22. The number of amides is 1. The average Bonchev–Trinajstić information content (AvgIpc) is 3.13. The van der Waals surface area contributed by atoms with Gasteiger partial charge in [-0.3, -0.25) is 10.1 Å². The van der Waals surface area contributed by atoms with Crippen molar-refractivity contribution in [2.75, 3.05) is 52.8 Å². The first kappa shape index (κ1) is 50.2. The lowest BCUT2D eigenvalue weighted by atomic mass is 9.62. The van der Waals surface area contributed by atoms with E-state index in [4.69, 9.17) is 33.2 Å². The van der Waals surface area contributed by atoms with Gasteiger partial charge in [0.2, 0.25) is 0 Å². The average molecular weight is 797 g/mol. The number of carbonyl (C=O) groups excluding carboxylic acids is 5. The van der Waals surface area contributed by atoms with Gasteiger partial charge in [-0.15, -0.1) is 0 Å². The number of ether oxygens (including phenoxy) is 7. The van der Waals surface area contributed by atoms with E-state index >= 15 is 0 Å². The molecule has 1 amide bonds. The normalized spacial score (nSPS) is 20.2. The highest BCUT2D eigenvalue weighted by atomic mass is 16.6. The first-order valence-electron chi connectivity index (χ1n) is 19.1. The molecular weight excluding hydrogens is 728 g/mol. The van der Waals surface area contributed by atoms with Crippen LogP contribution in [0.1, 0.15) is 88.0 Å². The minimum absolute atomic E-state index is 0.0858. The molecule has 0 radical (unpaired) electrons. The molecule has 0 saturated heterocycles. The Balaban J connectivity index is 3.21. The van der Waals surface area contributed by atoms with Crippen molar-refractivity contribution >= 4 is 30.0 Å². The fraction of sp³-hybridized carbons (Fsp3) is 0.732. The van der Waals surface area contributed by atoms with Crippen molar-refractivity contribution < 1.29 is 62.2 Å². The number of hydrogen-bond acceptors (Lipinski definition) is 14. The van der Waals surface area contributed by atoms with Crippen molar-refractivity contribution in [1.29, 1.82) is 0 Å². The fourth-order valence-corrected chi connectivity index (χ4v) is 6.57. The van der Waals surface area contributed by atoms with Gasteiger partial charge in [0.1, 0.15) is 31.1 Å². The second kappa shape index (κ2) is 23.4. The van der Waals surface area contributed by atoms with E-state index in [0.29, 0.717) is 13.0 Å². The Morgan fingerprint density at radius 1 is 0.839 bits per heavy atom. The predicted octanol–water partition coefficient (Wildman–Crippen LogP) is 4.81. The predicted molar refractivity (Wildman–Crippen MR) is 209 cm³/mol. The highest BCUT2D eigenvalue weighted by molar-refractivity contribution is 5.82. The van der Waals surface area contributed by atoms with E-state index in [2.05, 4.69) is 58.1 Å². The van der Waals surface area contributed by atoms with Crippen LogP contribution in [0, 0.1) is 28.1 Å². The molecule has 3 N–H and O–H groups in total. The lowest BCUT2D eigenvalue weighted by molar-refractivity contribution is -0.180. The SMILES string of the molecule is C=CC(=O)OCC(COCC(COC(=O)C=C)(COC(=O)C=C)COC(C)(C)C(O)NC1CC(C)(C)CC(C)(CNC(=O)OC(C)C(C)CC)C1)COC(C)=O. The van der Waals surface area contributed by atoms with Crippen LogP contribution in [0.15, 0.2) is 38.0 Å². The van der Waals surface area contributed by atoms with Gasteiger partial charge in [0.05, 0.1) is 44.4 Å². The summed E-state index contributed by atoms with van der Waals surface area (Å²) in [7, 11) is 0. The molecule has 6 unspecified atom stereocenters. The minimum atomic E-state index is -1.32. The molecule has 320 valence electrons. The van der Waals surface area contributed by atoms with Gasteiger partial charge in [0.15, 0.2) is 0 Å². The quantitative estimate of drug-likeness (QED) is 0.0468. The number of carbonyl (C=O) groups is 5. The summed E-state index contributed by atoms with van der Waals surface area (Å²) in [4.78, 5) is 60.4. The topological polar surface area (TPSA) is 194 Å². The first-order chi connectivity index (χ1) is 26.0. The van der Waals surface area contributed by atoms with Crippen molar-refractivity contribution in [2.45, 2.75) is 112 Å². The zero-order chi connectivity index (χ0) is 42.7. The molecule has 0 aromatic carbocycles. The van der Waals surface area contributed by atoms with Crippen molar-refractivity contribution in [1.82, 2.24) is 10.6 Å². The lowest BCUT2D eigenvalue weighted by Gasteiger charge is -2.48. The number of aliphatic hydroxyl groups is 1. The third-order valence-electron chi connectivity index (χ3n) is 9.93. The Morgan fingerprint density at radius 2 is 1.39 bits per heavy atom. The summed E-state index contributed by atoms with van der Waals surface area (Å²) in [5.74, 6) is -3.06.